The molecular weight excluding hydrogens is 321 g/mol. The summed E-state index contributed by atoms with van der Waals surface area (Å²) in [6.07, 6.45) is 0. The minimum atomic E-state index is -0.959. The van der Waals surface area contributed by atoms with Crippen LogP contribution in [-0.4, -0.2) is 29.4 Å². The molecule has 0 aliphatic rings. The smallest absolute Gasteiger partial charge is 0.230 e. The molecule has 1 heterocycles. The molecule has 2 rings (SSSR count). The van der Waals surface area contributed by atoms with Crippen LogP contribution in [0.25, 0.3) is 0 Å². The van der Waals surface area contributed by atoms with E-state index < -0.39 is 5.41 Å². The molecule has 0 aliphatic heterocycles. The minimum absolute atomic E-state index is 0.221. The monoisotopic (exact) mass is 347 g/mol. The van der Waals surface area contributed by atoms with E-state index in [1.807, 2.05) is 18.5 Å². The van der Waals surface area contributed by atoms with E-state index in [-0.39, 0.29) is 11.7 Å². The standard InChI is InChI=1S/C19H26FN3O2/c1-13-15(14(2)23(22-13)10-11-25-5)12-21-18(24)19(3,4)16-8-6-7-9-17(16)20/h6-9H,10-12H2,1-5H3,(H,21,24). The Morgan fingerprint density at radius 2 is 2.00 bits per heavy atom. The first-order chi connectivity index (χ1) is 11.8. The molecule has 1 aromatic heterocycles. The summed E-state index contributed by atoms with van der Waals surface area (Å²) in [6.45, 7) is 8.94. The van der Waals surface area contributed by atoms with Crippen LogP contribution in [0.2, 0.25) is 0 Å². The fourth-order valence-corrected chi connectivity index (χ4v) is 2.87. The molecule has 2 aromatic rings. The van der Waals surface area contributed by atoms with Crippen LogP contribution in [0, 0.1) is 19.7 Å². The summed E-state index contributed by atoms with van der Waals surface area (Å²) >= 11 is 0. The van der Waals surface area contributed by atoms with Gasteiger partial charge in [0.2, 0.25) is 5.91 Å². The van der Waals surface area contributed by atoms with E-state index in [1.165, 1.54) is 6.07 Å². The zero-order chi connectivity index (χ0) is 18.6. The Kier molecular flexibility index (Phi) is 5.95. The summed E-state index contributed by atoms with van der Waals surface area (Å²) in [4.78, 5) is 12.7. The Labute approximate surface area is 148 Å². The number of ether oxygens (including phenoxy) is 1. The zero-order valence-corrected chi connectivity index (χ0v) is 15.5. The van der Waals surface area contributed by atoms with Crippen molar-refractivity contribution in [1.82, 2.24) is 15.1 Å². The van der Waals surface area contributed by atoms with Gasteiger partial charge in [0.15, 0.2) is 0 Å². The highest BCUT2D eigenvalue weighted by molar-refractivity contribution is 5.87. The number of benzene rings is 1. The number of halogens is 1. The Balaban J connectivity index is 2.12. The highest BCUT2D eigenvalue weighted by Gasteiger charge is 2.32. The van der Waals surface area contributed by atoms with E-state index >= 15 is 0 Å². The second-order valence-electron chi connectivity index (χ2n) is 6.65. The molecule has 0 saturated carbocycles. The van der Waals surface area contributed by atoms with Crippen molar-refractivity contribution < 1.29 is 13.9 Å². The molecule has 6 heteroatoms. The van der Waals surface area contributed by atoms with Crippen molar-refractivity contribution >= 4 is 5.91 Å². The van der Waals surface area contributed by atoms with Gasteiger partial charge in [-0.2, -0.15) is 5.10 Å². The lowest BCUT2D eigenvalue weighted by Crippen LogP contribution is -2.40. The van der Waals surface area contributed by atoms with Crippen molar-refractivity contribution in [3.63, 3.8) is 0 Å². The first-order valence-electron chi connectivity index (χ1n) is 8.34. The molecule has 5 nitrogen and oxygen atoms in total. The highest BCUT2D eigenvalue weighted by atomic mass is 19.1. The molecule has 1 N–H and O–H groups in total. The Morgan fingerprint density at radius 3 is 2.64 bits per heavy atom. The Bertz CT molecular complexity index is 753. The number of nitrogens with one attached hydrogen (secondary N) is 1. The molecule has 0 bridgehead atoms. The maximum atomic E-state index is 14.1. The van der Waals surface area contributed by atoms with Gasteiger partial charge in [-0.3, -0.25) is 9.48 Å². The molecule has 1 amide bonds. The third-order valence-corrected chi connectivity index (χ3v) is 4.58. The SMILES string of the molecule is COCCn1nc(C)c(CNC(=O)C(C)(C)c2ccccc2F)c1C. The van der Waals surface area contributed by atoms with Gasteiger partial charge in [0.05, 0.1) is 24.3 Å². The van der Waals surface area contributed by atoms with Gasteiger partial charge < -0.3 is 10.1 Å². The average Bonchev–Trinajstić information content (AvgIpc) is 2.84. The lowest BCUT2D eigenvalue weighted by molar-refractivity contribution is -0.125. The van der Waals surface area contributed by atoms with Gasteiger partial charge in [0.1, 0.15) is 5.82 Å². The summed E-state index contributed by atoms with van der Waals surface area (Å²) in [6, 6.07) is 6.38. The van der Waals surface area contributed by atoms with Crippen molar-refractivity contribution in [3.05, 3.63) is 52.6 Å². The number of aromatic nitrogens is 2. The molecule has 0 unspecified atom stereocenters. The summed E-state index contributed by atoms with van der Waals surface area (Å²) in [5, 5.41) is 7.41. The van der Waals surface area contributed by atoms with Crippen LogP contribution in [0.15, 0.2) is 24.3 Å². The number of rotatable bonds is 7. The van der Waals surface area contributed by atoms with E-state index in [2.05, 4.69) is 10.4 Å². The van der Waals surface area contributed by atoms with Crippen LogP contribution >= 0.6 is 0 Å². The number of aryl methyl sites for hydroxylation is 1. The lowest BCUT2D eigenvalue weighted by atomic mass is 9.83. The van der Waals surface area contributed by atoms with Crippen LogP contribution in [-0.2, 0) is 28.0 Å². The number of carbonyl (C=O) groups excluding carboxylic acids is 1. The molecule has 0 spiro atoms. The van der Waals surface area contributed by atoms with Gasteiger partial charge in [0, 0.05) is 30.5 Å². The van der Waals surface area contributed by atoms with Crippen LogP contribution < -0.4 is 5.32 Å². The normalized spacial score (nSPS) is 11.6. The van der Waals surface area contributed by atoms with Crippen molar-refractivity contribution in [2.45, 2.75) is 46.2 Å². The molecule has 136 valence electrons. The van der Waals surface area contributed by atoms with E-state index in [9.17, 15) is 9.18 Å². The van der Waals surface area contributed by atoms with E-state index in [0.717, 1.165) is 17.0 Å². The van der Waals surface area contributed by atoms with Crippen LogP contribution in [0.1, 0.15) is 36.4 Å². The number of hydrogen-bond donors (Lipinski definition) is 1. The largest absolute Gasteiger partial charge is 0.383 e. The Morgan fingerprint density at radius 1 is 1.32 bits per heavy atom. The van der Waals surface area contributed by atoms with Gasteiger partial charge in [-0.1, -0.05) is 18.2 Å². The van der Waals surface area contributed by atoms with E-state index in [1.54, 1.807) is 39.2 Å². The van der Waals surface area contributed by atoms with E-state index in [0.29, 0.717) is 25.3 Å². The van der Waals surface area contributed by atoms with Gasteiger partial charge in [-0.25, -0.2) is 4.39 Å². The quantitative estimate of drug-likeness (QED) is 0.838. The molecule has 0 aliphatic carbocycles. The predicted octanol–water partition coefficient (Wildman–Crippen LogP) is 2.88. The molecule has 25 heavy (non-hydrogen) atoms. The van der Waals surface area contributed by atoms with Gasteiger partial charge >= 0.3 is 0 Å². The van der Waals surface area contributed by atoms with Crippen LogP contribution in [0.5, 0.6) is 0 Å². The average molecular weight is 347 g/mol. The maximum Gasteiger partial charge on any atom is 0.230 e. The minimum Gasteiger partial charge on any atom is -0.383 e. The Hall–Kier alpha value is -2.21. The van der Waals surface area contributed by atoms with Crippen molar-refractivity contribution in [1.29, 1.82) is 0 Å². The van der Waals surface area contributed by atoms with E-state index in [4.69, 9.17) is 4.74 Å². The fraction of sp³-hybridized carbons (Fsp3) is 0.474. The second kappa shape index (κ2) is 7.78. The maximum absolute atomic E-state index is 14.1. The van der Waals surface area contributed by atoms with Gasteiger partial charge in [-0.05, 0) is 33.8 Å². The number of carbonyl (C=O) groups is 1. The van der Waals surface area contributed by atoms with Crippen LogP contribution in [0.3, 0.4) is 0 Å². The number of nitrogens with zero attached hydrogens (tertiary/aromatic N) is 2. The van der Waals surface area contributed by atoms with Crippen molar-refractivity contribution in [3.8, 4) is 0 Å². The summed E-state index contributed by atoms with van der Waals surface area (Å²) in [5.74, 6) is -0.594. The lowest BCUT2D eigenvalue weighted by Gasteiger charge is -2.24. The number of amides is 1. The van der Waals surface area contributed by atoms with Crippen molar-refractivity contribution in [2.75, 3.05) is 13.7 Å². The molecule has 0 radical (unpaired) electrons. The summed E-state index contributed by atoms with van der Waals surface area (Å²) in [7, 11) is 1.65. The predicted molar refractivity (Wildman–Crippen MR) is 94.8 cm³/mol. The third-order valence-electron chi connectivity index (χ3n) is 4.58. The first-order valence-corrected chi connectivity index (χ1v) is 8.34. The highest BCUT2D eigenvalue weighted by Crippen LogP contribution is 2.26. The molecule has 1 aromatic carbocycles. The molecule has 0 fully saturated rings. The summed E-state index contributed by atoms with van der Waals surface area (Å²) in [5.41, 5.74) is 2.28. The second-order valence-corrected chi connectivity index (χ2v) is 6.65. The fourth-order valence-electron chi connectivity index (χ4n) is 2.87. The summed E-state index contributed by atoms with van der Waals surface area (Å²) < 4.78 is 21.0. The first kappa shape index (κ1) is 19.1. The molecular formula is C19H26FN3O2. The van der Waals surface area contributed by atoms with Crippen LogP contribution in [0.4, 0.5) is 4.39 Å². The molecule has 0 saturated heterocycles. The topological polar surface area (TPSA) is 56.1 Å². The zero-order valence-electron chi connectivity index (χ0n) is 15.5. The van der Waals surface area contributed by atoms with Crippen molar-refractivity contribution in [2.24, 2.45) is 0 Å². The third kappa shape index (κ3) is 4.07. The molecule has 0 atom stereocenters. The van der Waals surface area contributed by atoms with Gasteiger partial charge in [-0.15, -0.1) is 0 Å². The van der Waals surface area contributed by atoms with Gasteiger partial charge in [0.25, 0.3) is 0 Å². The number of methoxy groups -OCH3 is 1. The number of hydrogen-bond acceptors (Lipinski definition) is 3.